The number of hydrogen-bond donors (Lipinski definition) is 3. The van der Waals surface area contributed by atoms with Gasteiger partial charge >= 0.3 is 12.1 Å². The maximum Gasteiger partial charge on any atom is 0.358 e. The lowest BCUT2D eigenvalue weighted by Crippen LogP contribution is -2.65. The molecule has 35 heavy (non-hydrogen) atoms. The van der Waals surface area contributed by atoms with Gasteiger partial charge in [-0.3, -0.25) is 14.4 Å². The average molecular weight is 489 g/mol. The van der Waals surface area contributed by atoms with Crippen LogP contribution in [0.25, 0.3) is 0 Å². The predicted molar refractivity (Wildman–Crippen MR) is 122 cm³/mol. The Morgan fingerprint density at radius 3 is 2.69 bits per heavy atom. The van der Waals surface area contributed by atoms with Crippen LogP contribution in [0, 0.1) is 0 Å². The number of carbonyl (C=O) groups is 6. The molecule has 6 amide bonds. The van der Waals surface area contributed by atoms with Crippen LogP contribution in [-0.2, 0) is 19.2 Å². The Balaban J connectivity index is 1.75. The van der Waals surface area contributed by atoms with Gasteiger partial charge in [0.2, 0.25) is 11.8 Å². The number of nitrogens with zero attached hydrogens (tertiary/aromatic N) is 3. The maximum atomic E-state index is 13.4. The van der Waals surface area contributed by atoms with E-state index >= 15 is 0 Å². The summed E-state index contributed by atoms with van der Waals surface area (Å²) in [6, 6.07) is 2.96. The van der Waals surface area contributed by atoms with Gasteiger partial charge in [-0.1, -0.05) is 6.07 Å². The summed E-state index contributed by atoms with van der Waals surface area (Å²) in [6.45, 7) is 1.41. The summed E-state index contributed by atoms with van der Waals surface area (Å²) in [5.74, 6) is -0.817. The highest BCUT2D eigenvalue weighted by Crippen LogP contribution is 2.24. The molecule has 2 heterocycles. The number of ether oxygens (including phenoxy) is 1. The Morgan fingerprint density at radius 2 is 2.00 bits per heavy atom. The van der Waals surface area contributed by atoms with Crippen molar-refractivity contribution < 1.29 is 33.5 Å². The first-order valence-corrected chi connectivity index (χ1v) is 11.1. The second kappa shape index (κ2) is 11.3. The molecule has 2 saturated heterocycles. The number of ketones is 1. The Morgan fingerprint density at radius 1 is 1.23 bits per heavy atom. The van der Waals surface area contributed by atoms with Gasteiger partial charge in [-0.15, -0.1) is 0 Å². The SMILES string of the molecule is COc1cccc(NC(=O)NN2CCC(=O)N3CCC[C@@H](C(=O)N[C@H](C=O)CC(C)=O)N3C2=O)c1. The number of methoxy groups -OCH3 is 1. The van der Waals surface area contributed by atoms with E-state index in [1.165, 1.54) is 19.0 Å². The molecule has 1 aromatic rings. The first kappa shape index (κ1) is 25.5. The minimum atomic E-state index is -1.10. The van der Waals surface area contributed by atoms with Crippen LogP contribution in [0.3, 0.4) is 0 Å². The number of Topliss-reactive ketones (excluding diaryl/α,β-unsaturated/α-hetero) is 1. The summed E-state index contributed by atoms with van der Waals surface area (Å²) in [4.78, 5) is 74.2. The van der Waals surface area contributed by atoms with Crippen molar-refractivity contribution in [2.24, 2.45) is 0 Å². The minimum absolute atomic E-state index is 0.0721. The molecule has 13 heteroatoms. The van der Waals surface area contributed by atoms with Crippen molar-refractivity contribution >= 4 is 41.6 Å². The number of anilines is 1. The number of carbonyl (C=O) groups excluding carboxylic acids is 6. The second-order valence-corrected chi connectivity index (χ2v) is 8.16. The first-order valence-electron chi connectivity index (χ1n) is 11.1. The Bertz CT molecular complexity index is 1020. The van der Waals surface area contributed by atoms with E-state index in [-0.39, 0.29) is 44.0 Å². The highest BCUT2D eigenvalue weighted by molar-refractivity contribution is 5.94. The number of nitrogens with one attached hydrogen (secondary N) is 3. The molecule has 2 atom stereocenters. The average Bonchev–Trinajstić information content (AvgIpc) is 2.95. The quantitative estimate of drug-likeness (QED) is 0.448. The summed E-state index contributed by atoms with van der Waals surface area (Å²) in [6.07, 6.45) is 0.882. The van der Waals surface area contributed by atoms with Crippen molar-refractivity contribution in [2.75, 3.05) is 25.5 Å². The topological polar surface area (TPSA) is 157 Å². The van der Waals surface area contributed by atoms with E-state index in [1.807, 2.05) is 0 Å². The molecule has 0 radical (unpaired) electrons. The first-order chi connectivity index (χ1) is 16.7. The molecule has 2 aliphatic heterocycles. The van der Waals surface area contributed by atoms with Crippen molar-refractivity contribution in [1.82, 2.24) is 25.8 Å². The monoisotopic (exact) mass is 488 g/mol. The van der Waals surface area contributed by atoms with Crippen LogP contribution < -0.4 is 20.8 Å². The molecule has 3 N–H and O–H groups in total. The third-order valence-electron chi connectivity index (χ3n) is 5.53. The molecule has 188 valence electrons. The predicted octanol–water partition coefficient (Wildman–Crippen LogP) is 0.428. The summed E-state index contributed by atoms with van der Waals surface area (Å²) < 4.78 is 5.12. The van der Waals surface area contributed by atoms with Crippen LogP contribution in [0.2, 0.25) is 0 Å². The van der Waals surface area contributed by atoms with Crippen molar-refractivity contribution in [3.63, 3.8) is 0 Å². The molecule has 2 aliphatic rings. The van der Waals surface area contributed by atoms with Crippen molar-refractivity contribution in [3.05, 3.63) is 24.3 Å². The fourth-order valence-corrected chi connectivity index (χ4v) is 3.92. The number of benzene rings is 1. The van der Waals surface area contributed by atoms with Gasteiger partial charge < -0.3 is 20.2 Å². The zero-order chi connectivity index (χ0) is 25.5. The standard InChI is InChI=1S/C22H28N6O7/c1-14(30)11-16(13-29)23-20(32)18-7-4-9-27-19(31)8-10-26(22(34)28(18)27)25-21(33)24-15-5-3-6-17(12-15)35-2/h3,5-6,12-13,16,18H,4,7-11H2,1-2H3,(H,23,32)(H2,24,25,33)/t16-,18-/m0/s1. The molecular formula is C22H28N6O7. The Hall–Kier alpha value is -4.16. The van der Waals surface area contributed by atoms with Gasteiger partial charge in [-0.2, -0.15) is 0 Å². The fourth-order valence-electron chi connectivity index (χ4n) is 3.92. The van der Waals surface area contributed by atoms with Crippen LogP contribution in [0.4, 0.5) is 15.3 Å². The largest absolute Gasteiger partial charge is 0.497 e. The van der Waals surface area contributed by atoms with E-state index < -0.39 is 30.1 Å². The molecule has 13 nitrogen and oxygen atoms in total. The van der Waals surface area contributed by atoms with Gasteiger partial charge in [0.1, 0.15) is 23.9 Å². The number of hydrogen-bond acceptors (Lipinski definition) is 7. The Kier molecular flexibility index (Phi) is 8.23. The number of fused-ring (bicyclic) bond motifs is 1. The molecule has 0 aliphatic carbocycles. The van der Waals surface area contributed by atoms with E-state index in [9.17, 15) is 28.8 Å². The highest BCUT2D eigenvalue weighted by atomic mass is 16.5. The summed E-state index contributed by atoms with van der Waals surface area (Å²) >= 11 is 0. The second-order valence-electron chi connectivity index (χ2n) is 8.16. The van der Waals surface area contributed by atoms with Crippen molar-refractivity contribution in [2.45, 2.75) is 44.7 Å². The number of amides is 6. The van der Waals surface area contributed by atoms with Gasteiger partial charge in [-0.25, -0.2) is 30.0 Å². The molecule has 0 unspecified atom stereocenters. The van der Waals surface area contributed by atoms with Gasteiger partial charge in [0.05, 0.1) is 19.7 Å². The lowest BCUT2D eigenvalue weighted by molar-refractivity contribution is -0.155. The van der Waals surface area contributed by atoms with Gasteiger partial charge in [-0.05, 0) is 31.9 Å². The van der Waals surface area contributed by atoms with Crippen LogP contribution >= 0.6 is 0 Å². The molecule has 2 fully saturated rings. The third-order valence-corrected chi connectivity index (χ3v) is 5.53. The molecule has 3 rings (SSSR count). The van der Waals surface area contributed by atoms with Gasteiger partial charge in [0, 0.05) is 31.1 Å². The Labute approximate surface area is 201 Å². The van der Waals surface area contributed by atoms with Gasteiger partial charge in [0.15, 0.2) is 0 Å². The van der Waals surface area contributed by atoms with Crippen LogP contribution in [-0.4, -0.2) is 83.3 Å². The van der Waals surface area contributed by atoms with Crippen LogP contribution in [0.1, 0.15) is 32.6 Å². The van der Waals surface area contributed by atoms with Crippen LogP contribution in [0.15, 0.2) is 24.3 Å². The highest BCUT2D eigenvalue weighted by Gasteiger charge is 2.44. The summed E-state index contributed by atoms with van der Waals surface area (Å²) in [5, 5.41) is 8.22. The number of hydrazine groups is 2. The molecule has 0 bridgehead atoms. The minimum Gasteiger partial charge on any atom is -0.497 e. The molecular weight excluding hydrogens is 460 g/mol. The van der Waals surface area contributed by atoms with Crippen LogP contribution in [0.5, 0.6) is 5.75 Å². The van der Waals surface area contributed by atoms with Gasteiger partial charge in [0.25, 0.3) is 0 Å². The van der Waals surface area contributed by atoms with Crippen molar-refractivity contribution in [3.8, 4) is 5.75 Å². The zero-order valence-electron chi connectivity index (χ0n) is 19.5. The molecule has 0 spiro atoms. The lowest BCUT2D eigenvalue weighted by Gasteiger charge is -2.42. The summed E-state index contributed by atoms with van der Waals surface area (Å²) in [5.41, 5.74) is 2.84. The molecule has 0 saturated carbocycles. The van der Waals surface area contributed by atoms with E-state index in [0.717, 1.165) is 10.0 Å². The number of urea groups is 2. The van der Waals surface area contributed by atoms with E-state index in [1.54, 1.807) is 24.3 Å². The lowest BCUT2D eigenvalue weighted by atomic mass is 10.1. The number of aldehydes is 1. The maximum absolute atomic E-state index is 13.4. The van der Waals surface area contributed by atoms with Crippen molar-refractivity contribution in [1.29, 1.82) is 0 Å². The van der Waals surface area contributed by atoms with E-state index in [2.05, 4.69) is 16.1 Å². The smallest absolute Gasteiger partial charge is 0.358 e. The number of rotatable bonds is 8. The molecule has 0 aromatic heterocycles. The zero-order valence-corrected chi connectivity index (χ0v) is 19.5. The van der Waals surface area contributed by atoms with E-state index in [0.29, 0.717) is 24.1 Å². The molecule has 1 aromatic carbocycles. The fraction of sp³-hybridized carbons (Fsp3) is 0.455. The third kappa shape index (κ3) is 6.25. The summed E-state index contributed by atoms with van der Waals surface area (Å²) in [7, 11) is 1.49. The van der Waals surface area contributed by atoms with E-state index in [4.69, 9.17) is 4.74 Å². The normalized spacial score (nSPS) is 18.7.